The lowest BCUT2D eigenvalue weighted by Crippen LogP contribution is -2.19. The van der Waals surface area contributed by atoms with Crippen LogP contribution in [0.2, 0.25) is 0 Å². The van der Waals surface area contributed by atoms with Gasteiger partial charge in [0.2, 0.25) is 5.88 Å². The van der Waals surface area contributed by atoms with Crippen molar-refractivity contribution in [2.75, 3.05) is 7.05 Å². The first-order chi connectivity index (χ1) is 10.0. The standard InChI is InChI=1S/C14H13N3O4/c1-8-3-5-11(9(7-8)14(19)20)21-12-6-4-10(16-17-12)13(18)15-2/h3-7H,1-2H3,(H,15,18)(H,19,20). The average Bonchev–Trinajstić information content (AvgIpc) is 2.49. The van der Waals surface area contributed by atoms with E-state index in [2.05, 4.69) is 15.5 Å². The van der Waals surface area contributed by atoms with Crippen molar-refractivity contribution in [3.63, 3.8) is 0 Å². The molecule has 0 aliphatic rings. The normalized spacial score (nSPS) is 10.0. The van der Waals surface area contributed by atoms with Gasteiger partial charge >= 0.3 is 5.97 Å². The van der Waals surface area contributed by atoms with Gasteiger partial charge < -0.3 is 15.2 Å². The van der Waals surface area contributed by atoms with Gasteiger partial charge in [0, 0.05) is 13.1 Å². The number of aryl methyl sites for hydroxylation is 1. The number of benzene rings is 1. The molecule has 0 bridgehead atoms. The highest BCUT2D eigenvalue weighted by Crippen LogP contribution is 2.24. The summed E-state index contributed by atoms with van der Waals surface area (Å²) in [5, 5.41) is 19.0. The molecule has 1 amide bonds. The van der Waals surface area contributed by atoms with Gasteiger partial charge in [0.15, 0.2) is 5.69 Å². The number of ether oxygens (including phenoxy) is 1. The van der Waals surface area contributed by atoms with Gasteiger partial charge in [-0.05, 0) is 25.1 Å². The summed E-state index contributed by atoms with van der Waals surface area (Å²) in [6.07, 6.45) is 0. The van der Waals surface area contributed by atoms with E-state index in [0.29, 0.717) is 0 Å². The zero-order chi connectivity index (χ0) is 15.4. The second kappa shape index (κ2) is 6.00. The number of carboxylic acid groups (broad SMARTS) is 1. The summed E-state index contributed by atoms with van der Waals surface area (Å²) in [5.74, 6) is -1.19. The fourth-order valence-electron chi connectivity index (χ4n) is 1.64. The summed E-state index contributed by atoms with van der Waals surface area (Å²) in [6.45, 7) is 1.79. The van der Waals surface area contributed by atoms with Crippen molar-refractivity contribution >= 4 is 11.9 Å². The molecule has 0 saturated carbocycles. The zero-order valence-corrected chi connectivity index (χ0v) is 11.5. The van der Waals surface area contributed by atoms with Crippen LogP contribution in [0, 0.1) is 6.92 Å². The average molecular weight is 287 g/mol. The number of aromatic nitrogens is 2. The molecule has 0 aliphatic heterocycles. The van der Waals surface area contributed by atoms with Crippen molar-refractivity contribution in [3.8, 4) is 11.6 Å². The number of amides is 1. The number of nitrogens with one attached hydrogen (secondary N) is 1. The molecule has 2 aromatic rings. The quantitative estimate of drug-likeness (QED) is 0.886. The van der Waals surface area contributed by atoms with Crippen LogP contribution < -0.4 is 10.1 Å². The monoisotopic (exact) mass is 287 g/mol. The number of carboxylic acids is 1. The van der Waals surface area contributed by atoms with E-state index in [-0.39, 0.29) is 28.8 Å². The van der Waals surface area contributed by atoms with Gasteiger partial charge in [0.1, 0.15) is 11.3 Å². The topological polar surface area (TPSA) is 101 Å². The molecule has 7 heteroatoms. The van der Waals surface area contributed by atoms with E-state index < -0.39 is 5.97 Å². The number of carbonyl (C=O) groups is 2. The molecule has 0 saturated heterocycles. The van der Waals surface area contributed by atoms with Gasteiger partial charge in [-0.3, -0.25) is 4.79 Å². The SMILES string of the molecule is CNC(=O)c1ccc(Oc2ccc(C)cc2C(=O)O)nn1. The third-order valence-corrected chi connectivity index (χ3v) is 2.68. The van der Waals surface area contributed by atoms with E-state index in [1.54, 1.807) is 19.1 Å². The highest BCUT2D eigenvalue weighted by molar-refractivity contribution is 5.92. The lowest BCUT2D eigenvalue weighted by Gasteiger charge is -2.08. The molecule has 0 fully saturated rings. The predicted molar refractivity (Wildman–Crippen MR) is 73.6 cm³/mol. The third-order valence-electron chi connectivity index (χ3n) is 2.68. The molecular weight excluding hydrogens is 274 g/mol. The van der Waals surface area contributed by atoms with Crippen LogP contribution in [-0.2, 0) is 0 Å². The Kier molecular flexibility index (Phi) is 4.13. The van der Waals surface area contributed by atoms with Crippen LogP contribution in [0.4, 0.5) is 0 Å². The van der Waals surface area contributed by atoms with Crippen LogP contribution in [0.25, 0.3) is 0 Å². The maximum atomic E-state index is 11.3. The van der Waals surface area contributed by atoms with E-state index in [4.69, 9.17) is 9.84 Å². The summed E-state index contributed by atoms with van der Waals surface area (Å²) < 4.78 is 5.41. The van der Waals surface area contributed by atoms with Crippen LogP contribution >= 0.6 is 0 Å². The maximum Gasteiger partial charge on any atom is 0.339 e. The molecule has 0 spiro atoms. The Morgan fingerprint density at radius 3 is 2.52 bits per heavy atom. The molecule has 1 heterocycles. The van der Waals surface area contributed by atoms with Crippen LogP contribution in [0.1, 0.15) is 26.4 Å². The van der Waals surface area contributed by atoms with Gasteiger partial charge in [-0.2, -0.15) is 0 Å². The first kappa shape index (κ1) is 14.4. The number of carbonyl (C=O) groups excluding carboxylic acids is 1. The van der Waals surface area contributed by atoms with Gasteiger partial charge in [-0.1, -0.05) is 11.6 Å². The number of hydrogen-bond donors (Lipinski definition) is 2. The molecule has 21 heavy (non-hydrogen) atoms. The molecule has 2 rings (SSSR count). The maximum absolute atomic E-state index is 11.3. The van der Waals surface area contributed by atoms with Crippen molar-refractivity contribution in [1.82, 2.24) is 15.5 Å². The fraction of sp³-hybridized carbons (Fsp3) is 0.143. The molecule has 1 aromatic heterocycles. The summed E-state index contributed by atoms with van der Waals surface area (Å²) in [7, 11) is 1.49. The first-order valence-corrected chi connectivity index (χ1v) is 6.09. The van der Waals surface area contributed by atoms with Crippen molar-refractivity contribution in [1.29, 1.82) is 0 Å². The molecule has 0 unspecified atom stereocenters. The van der Waals surface area contributed by atoms with E-state index in [9.17, 15) is 9.59 Å². The Morgan fingerprint density at radius 1 is 1.19 bits per heavy atom. The number of aromatic carboxylic acids is 1. The zero-order valence-electron chi connectivity index (χ0n) is 11.5. The van der Waals surface area contributed by atoms with E-state index >= 15 is 0 Å². The second-order valence-corrected chi connectivity index (χ2v) is 4.24. The van der Waals surface area contributed by atoms with Gasteiger partial charge in [0.25, 0.3) is 5.91 Å². The molecule has 1 aromatic carbocycles. The van der Waals surface area contributed by atoms with E-state index in [0.717, 1.165) is 5.56 Å². The second-order valence-electron chi connectivity index (χ2n) is 4.24. The van der Waals surface area contributed by atoms with E-state index in [1.807, 2.05) is 0 Å². The summed E-state index contributed by atoms with van der Waals surface area (Å²) >= 11 is 0. The molecule has 0 radical (unpaired) electrons. The first-order valence-electron chi connectivity index (χ1n) is 6.09. The number of nitrogens with zero attached hydrogens (tertiary/aromatic N) is 2. The van der Waals surface area contributed by atoms with E-state index in [1.165, 1.54) is 25.2 Å². The molecule has 108 valence electrons. The number of rotatable bonds is 4. The lowest BCUT2D eigenvalue weighted by atomic mass is 10.1. The van der Waals surface area contributed by atoms with Crippen molar-refractivity contribution < 1.29 is 19.4 Å². The number of hydrogen-bond acceptors (Lipinski definition) is 5. The minimum absolute atomic E-state index is 0.0344. The Balaban J connectivity index is 2.26. The molecule has 2 N–H and O–H groups in total. The Bertz CT molecular complexity index is 683. The third kappa shape index (κ3) is 3.33. The van der Waals surface area contributed by atoms with Crippen LogP contribution in [0.15, 0.2) is 30.3 Å². The Hall–Kier alpha value is -2.96. The molecule has 7 nitrogen and oxygen atoms in total. The summed E-state index contributed by atoms with van der Waals surface area (Å²) in [6, 6.07) is 7.67. The Morgan fingerprint density at radius 2 is 1.95 bits per heavy atom. The minimum atomic E-state index is -1.09. The summed E-state index contributed by atoms with van der Waals surface area (Å²) in [4.78, 5) is 22.5. The molecular formula is C14H13N3O4. The van der Waals surface area contributed by atoms with Crippen LogP contribution in [-0.4, -0.2) is 34.2 Å². The largest absolute Gasteiger partial charge is 0.478 e. The van der Waals surface area contributed by atoms with Crippen molar-refractivity contribution in [2.45, 2.75) is 6.92 Å². The minimum Gasteiger partial charge on any atom is -0.478 e. The highest BCUT2D eigenvalue weighted by atomic mass is 16.5. The van der Waals surface area contributed by atoms with Gasteiger partial charge in [0.05, 0.1) is 0 Å². The van der Waals surface area contributed by atoms with Gasteiger partial charge in [-0.15, -0.1) is 10.2 Å². The van der Waals surface area contributed by atoms with Crippen molar-refractivity contribution in [2.24, 2.45) is 0 Å². The van der Waals surface area contributed by atoms with Crippen LogP contribution in [0.5, 0.6) is 11.6 Å². The molecule has 0 aliphatic carbocycles. The fourth-order valence-corrected chi connectivity index (χ4v) is 1.64. The van der Waals surface area contributed by atoms with Gasteiger partial charge in [-0.25, -0.2) is 4.79 Å². The smallest absolute Gasteiger partial charge is 0.339 e. The molecule has 0 atom stereocenters. The van der Waals surface area contributed by atoms with Crippen LogP contribution in [0.3, 0.4) is 0 Å². The highest BCUT2D eigenvalue weighted by Gasteiger charge is 2.13. The predicted octanol–water partition coefficient (Wildman–Crippen LogP) is 1.64. The Labute approximate surface area is 120 Å². The summed E-state index contributed by atoms with van der Waals surface area (Å²) in [5.41, 5.74) is 0.986. The van der Waals surface area contributed by atoms with Crippen molar-refractivity contribution in [3.05, 3.63) is 47.2 Å². The lowest BCUT2D eigenvalue weighted by molar-refractivity contribution is 0.0693.